The molecule has 2 atom stereocenters. The number of carbonyl (C=O) groups excluding carboxylic acids is 1. The Morgan fingerprint density at radius 1 is 1.11 bits per heavy atom. The molecule has 2 unspecified atom stereocenters. The van der Waals surface area contributed by atoms with Gasteiger partial charge in [-0.2, -0.15) is 0 Å². The maximum absolute atomic E-state index is 11.9. The second-order valence-electron chi connectivity index (χ2n) is 10.1. The van der Waals surface area contributed by atoms with Crippen LogP contribution in [0.3, 0.4) is 0 Å². The maximum Gasteiger partial charge on any atom is 0.159 e. The Bertz CT molecular complexity index is 1220. The summed E-state index contributed by atoms with van der Waals surface area (Å²) in [5.41, 5.74) is 15.2. The van der Waals surface area contributed by atoms with Crippen LogP contribution in [0.15, 0.2) is 126 Å². The molecule has 0 spiro atoms. The number of rotatable bonds is 10. The van der Waals surface area contributed by atoms with Crippen molar-refractivity contribution in [2.75, 3.05) is 0 Å². The summed E-state index contributed by atoms with van der Waals surface area (Å²) in [4.78, 5) is 11.9. The molecule has 0 bridgehead atoms. The van der Waals surface area contributed by atoms with Gasteiger partial charge >= 0.3 is 0 Å². The number of ketones is 1. The third-order valence-electron chi connectivity index (χ3n) is 6.71. The molecular formula is C35H43NO. The van der Waals surface area contributed by atoms with Gasteiger partial charge in [0.15, 0.2) is 5.78 Å². The van der Waals surface area contributed by atoms with Crippen LogP contribution in [-0.2, 0) is 4.79 Å². The van der Waals surface area contributed by atoms with Crippen LogP contribution in [0.4, 0.5) is 0 Å². The lowest BCUT2D eigenvalue weighted by Crippen LogP contribution is -2.00. The number of aryl methyl sites for hydroxylation is 1. The van der Waals surface area contributed by atoms with E-state index in [2.05, 4.69) is 89.4 Å². The Kier molecular flexibility index (Phi) is 11.3. The normalized spacial score (nSPS) is 18.4. The van der Waals surface area contributed by atoms with Gasteiger partial charge in [0.2, 0.25) is 0 Å². The van der Waals surface area contributed by atoms with E-state index in [0.29, 0.717) is 17.2 Å². The van der Waals surface area contributed by atoms with Crippen LogP contribution in [0.1, 0.15) is 58.6 Å². The SMILES string of the molecule is C=C(\C=C(/C=C(C)/C(N)=C/C=C\C(=C)C(C)/C=C(\C)c1ccc(C)cc1)C1=CCCC(C)C=C1)C(C)=O. The summed E-state index contributed by atoms with van der Waals surface area (Å²) in [6.07, 6.45) is 20.7. The summed E-state index contributed by atoms with van der Waals surface area (Å²) < 4.78 is 0. The van der Waals surface area contributed by atoms with Gasteiger partial charge in [0.25, 0.3) is 0 Å². The molecule has 0 aromatic heterocycles. The van der Waals surface area contributed by atoms with Crippen LogP contribution < -0.4 is 5.73 Å². The summed E-state index contributed by atoms with van der Waals surface area (Å²) in [6.45, 7) is 20.3. The van der Waals surface area contributed by atoms with Gasteiger partial charge in [0, 0.05) is 11.3 Å². The lowest BCUT2D eigenvalue weighted by atomic mass is 9.96. The van der Waals surface area contributed by atoms with E-state index in [1.165, 1.54) is 23.6 Å². The zero-order chi connectivity index (χ0) is 27.5. The number of allylic oxidation sites excluding steroid dienone is 15. The van der Waals surface area contributed by atoms with E-state index >= 15 is 0 Å². The number of Topliss-reactive ketones (excluding diaryl/α,β-unsaturated/α-hetero) is 1. The van der Waals surface area contributed by atoms with Crippen LogP contribution >= 0.6 is 0 Å². The molecule has 0 saturated carbocycles. The van der Waals surface area contributed by atoms with Gasteiger partial charge in [-0.3, -0.25) is 4.79 Å². The Balaban J connectivity index is 2.20. The minimum Gasteiger partial charge on any atom is -0.399 e. The molecular weight excluding hydrogens is 450 g/mol. The molecule has 0 heterocycles. The minimum atomic E-state index is -0.0409. The largest absolute Gasteiger partial charge is 0.399 e. The fourth-order valence-electron chi connectivity index (χ4n) is 3.92. The van der Waals surface area contributed by atoms with Crippen molar-refractivity contribution in [3.8, 4) is 0 Å². The first-order valence-corrected chi connectivity index (χ1v) is 13.0. The molecule has 194 valence electrons. The third kappa shape index (κ3) is 9.73. The Hall–Kier alpha value is -3.65. The zero-order valence-corrected chi connectivity index (χ0v) is 23.5. The summed E-state index contributed by atoms with van der Waals surface area (Å²) >= 11 is 0. The third-order valence-corrected chi connectivity index (χ3v) is 6.71. The fraction of sp³-hybridized carbons (Fsp3) is 0.286. The van der Waals surface area contributed by atoms with E-state index < -0.39 is 0 Å². The predicted octanol–water partition coefficient (Wildman–Crippen LogP) is 8.92. The zero-order valence-electron chi connectivity index (χ0n) is 23.5. The molecule has 0 saturated heterocycles. The highest BCUT2D eigenvalue weighted by Crippen LogP contribution is 2.25. The molecule has 2 nitrogen and oxygen atoms in total. The van der Waals surface area contributed by atoms with Crippen molar-refractivity contribution in [1.29, 1.82) is 0 Å². The smallest absolute Gasteiger partial charge is 0.159 e. The van der Waals surface area contributed by atoms with E-state index in [1.54, 1.807) is 0 Å². The van der Waals surface area contributed by atoms with Crippen molar-refractivity contribution < 1.29 is 4.79 Å². The van der Waals surface area contributed by atoms with Gasteiger partial charge in [-0.25, -0.2) is 0 Å². The number of nitrogens with two attached hydrogens (primary N) is 1. The molecule has 0 amide bonds. The lowest BCUT2D eigenvalue weighted by Gasteiger charge is -2.10. The van der Waals surface area contributed by atoms with E-state index in [9.17, 15) is 4.79 Å². The lowest BCUT2D eigenvalue weighted by molar-refractivity contribution is -0.113. The van der Waals surface area contributed by atoms with Crippen molar-refractivity contribution >= 4 is 11.4 Å². The fourth-order valence-corrected chi connectivity index (χ4v) is 3.92. The number of carbonyl (C=O) groups is 1. The maximum atomic E-state index is 11.9. The van der Waals surface area contributed by atoms with E-state index in [1.807, 2.05) is 37.3 Å². The first kappa shape index (κ1) is 29.6. The summed E-state index contributed by atoms with van der Waals surface area (Å²) in [5, 5.41) is 0. The molecule has 1 aliphatic rings. The summed E-state index contributed by atoms with van der Waals surface area (Å²) in [5.74, 6) is 0.686. The topological polar surface area (TPSA) is 43.1 Å². The highest BCUT2D eigenvalue weighted by molar-refractivity contribution is 5.95. The predicted molar refractivity (Wildman–Crippen MR) is 162 cm³/mol. The molecule has 1 aromatic carbocycles. The van der Waals surface area contributed by atoms with Gasteiger partial charge in [-0.1, -0.05) is 93.3 Å². The van der Waals surface area contributed by atoms with Crippen molar-refractivity contribution in [3.05, 3.63) is 137 Å². The molecule has 0 radical (unpaired) electrons. The standard InChI is InChI=1S/C35H43NO/c1-24-11-9-13-33(20-17-24)34(22-28(5)31(8)37)23-30(7)35(36)14-10-12-26(3)27(4)21-29(6)32-18-15-25(2)16-19-32/h10,12-24,27H,3,5,9,11,36H2,1-2,4,6-8H3/b12-10-,29-21+,30-23+,34-22+,35-14-. The summed E-state index contributed by atoms with van der Waals surface area (Å²) in [6, 6.07) is 8.58. The van der Waals surface area contributed by atoms with Crippen molar-refractivity contribution in [1.82, 2.24) is 0 Å². The molecule has 0 aliphatic heterocycles. The monoisotopic (exact) mass is 493 g/mol. The minimum absolute atomic E-state index is 0.0409. The first-order chi connectivity index (χ1) is 17.5. The van der Waals surface area contributed by atoms with E-state index in [0.717, 1.165) is 35.1 Å². The summed E-state index contributed by atoms with van der Waals surface area (Å²) in [7, 11) is 0. The molecule has 2 rings (SSSR count). The van der Waals surface area contributed by atoms with Gasteiger partial charge in [0.05, 0.1) is 0 Å². The van der Waals surface area contributed by atoms with Crippen LogP contribution in [0.2, 0.25) is 0 Å². The number of benzene rings is 1. The highest BCUT2D eigenvalue weighted by atomic mass is 16.1. The van der Waals surface area contributed by atoms with Crippen LogP contribution in [0.25, 0.3) is 5.57 Å². The second-order valence-corrected chi connectivity index (χ2v) is 10.1. The van der Waals surface area contributed by atoms with Crippen molar-refractivity contribution in [3.63, 3.8) is 0 Å². The molecule has 0 fully saturated rings. The molecule has 2 heteroatoms. The van der Waals surface area contributed by atoms with Gasteiger partial charge in [-0.15, -0.1) is 0 Å². The Labute approximate surface area is 224 Å². The quantitative estimate of drug-likeness (QED) is 0.261. The number of hydrogen-bond acceptors (Lipinski definition) is 2. The second kappa shape index (κ2) is 14.2. The first-order valence-electron chi connectivity index (χ1n) is 13.0. The Morgan fingerprint density at radius 2 is 1.78 bits per heavy atom. The van der Waals surface area contributed by atoms with Crippen LogP contribution in [-0.4, -0.2) is 5.78 Å². The Morgan fingerprint density at radius 3 is 2.43 bits per heavy atom. The van der Waals surface area contributed by atoms with Crippen molar-refractivity contribution in [2.24, 2.45) is 17.6 Å². The molecule has 2 N–H and O–H groups in total. The average molecular weight is 494 g/mol. The number of hydrogen-bond donors (Lipinski definition) is 1. The average Bonchev–Trinajstić information content (AvgIpc) is 3.07. The molecule has 1 aromatic rings. The van der Waals surface area contributed by atoms with Gasteiger partial charge < -0.3 is 5.73 Å². The van der Waals surface area contributed by atoms with Gasteiger partial charge in [-0.05, 0) is 104 Å². The van der Waals surface area contributed by atoms with E-state index in [-0.39, 0.29) is 11.7 Å². The molecule has 1 aliphatic carbocycles. The van der Waals surface area contributed by atoms with E-state index in [4.69, 9.17) is 5.73 Å². The van der Waals surface area contributed by atoms with Crippen molar-refractivity contribution in [2.45, 2.75) is 54.4 Å². The van der Waals surface area contributed by atoms with Crippen LogP contribution in [0, 0.1) is 18.8 Å². The van der Waals surface area contributed by atoms with Gasteiger partial charge in [0.1, 0.15) is 0 Å². The molecule has 37 heavy (non-hydrogen) atoms. The highest BCUT2D eigenvalue weighted by Gasteiger charge is 2.09. The van der Waals surface area contributed by atoms with Crippen LogP contribution in [0.5, 0.6) is 0 Å².